The van der Waals surface area contributed by atoms with Gasteiger partial charge in [0, 0.05) is 25.7 Å². The van der Waals surface area contributed by atoms with Gasteiger partial charge in [-0.3, -0.25) is 10.2 Å². The molecule has 1 aromatic rings. The number of likely N-dealkylation sites (tertiary alicyclic amines) is 1. The fourth-order valence-corrected chi connectivity index (χ4v) is 6.44. The SMILES string of the molecule is CC(C)[C@H]1CC[C@@H](N2CCC3(CC2)C(=O)N(CCNC(=N)N)Cc2cc(OC(N)=O)ccc23)CC1. The maximum absolute atomic E-state index is 13.9. The van der Waals surface area contributed by atoms with E-state index in [0.717, 1.165) is 48.9 Å². The van der Waals surface area contributed by atoms with Crippen LogP contribution in [0.5, 0.6) is 5.75 Å². The predicted octanol–water partition coefficient (Wildman–Crippen LogP) is 2.52. The van der Waals surface area contributed by atoms with Crippen molar-refractivity contribution in [3.05, 3.63) is 29.3 Å². The Morgan fingerprint density at radius 2 is 1.89 bits per heavy atom. The smallest absolute Gasteiger partial charge is 0.409 e. The Labute approximate surface area is 208 Å². The van der Waals surface area contributed by atoms with Gasteiger partial charge in [-0.15, -0.1) is 0 Å². The number of ether oxygens (including phenoxy) is 1. The fraction of sp³-hybridized carbons (Fsp3) is 0.654. The van der Waals surface area contributed by atoms with E-state index in [9.17, 15) is 9.59 Å². The molecule has 4 rings (SSSR count). The summed E-state index contributed by atoms with van der Waals surface area (Å²) >= 11 is 0. The standard InChI is InChI=1S/C26H40N6O3/c1-17(2)18-3-5-20(6-4-18)31-12-9-26(10-13-31)22-8-7-21(35-25(29)34)15-19(22)16-32(23(26)33)14-11-30-24(27)28/h7-8,15,17-18,20H,3-6,9-14,16H2,1-2H3,(H2,29,34)(H4,27,28,30)/t18-,20+. The zero-order chi connectivity index (χ0) is 25.2. The van der Waals surface area contributed by atoms with Crippen molar-refractivity contribution >= 4 is 18.0 Å². The average molecular weight is 485 g/mol. The topological polar surface area (TPSA) is 138 Å². The lowest BCUT2D eigenvalue weighted by Crippen LogP contribution is -2.58. The molecule has 6 N–H and O–H groups in total. The van der Waals surface area contributed by atoms with Gasteiger partial charge < -0.3 is 31.3 Å². The van der Waals surface area contributed by atoms with Gasteiger partial charge in [0.2, 0.25) is 5.91 Å². The maximum Gasteiger partial charge on any atom is 0.409 e. The van der Waals surface area contributed by atoms with Crippen molar-refractivity contribution in [2.75, 3.05) is 26.2 Å². The zero-order valence-corrected chi connectivity index (χ0v) is 21.0. The van der Waals surface area contributed by atoms with Crippen LogP contribution in [-0.2, 0) is 16.8 Å². The van der Waals surface area contributed by atoms with E-state index in [1.165, 1.54) is 25.7 Å². The van der Waals surface area contributed by atoms with Gasteiger partial charge in [-0.05, 0) is 86.7 Å². The molecule has 2 amide bonds. The molecule has 9 heteroatoms. The van der Waals surface area contributed by atoms with Crippen molar-refractivity contribution in [2.45, 2.75) is 70.4 Å². The summed E-state index contributed by atoms with van der Waals surface area (Å²) in [5.41, 5.74) is 12.1. The summed E-state index contributed by atoms with van der Waals surface area (Å²) in [6, 6.07) is 6.13. The lowest BCUT2D eigenvalue weighted by molar-refractivity contribution is -0.142. The Hall–Kier alpha value is -2.81. The van der Waals surface area contributed by atoms with Crippen molar-refractivity contribution in [2.24, 2.45) is 23.3 Å². The molecule has 1 aromatic carbocycles. The molecule has 0 bridgehead atoms. The van der Waals surface area contributed by atoms with E-state index < -0.39 is 11.5 Å². The molecular weight excluding hydrogens is 444 g/mol. The molecule has 2 heterocycles. The third-order valence-electron chi connectivity index (χ3n) is 8.42. The fourth-order valence-electron chi connectivity index (χ4n) is 6.44. The maximum atomic E-state index is 13.9. The quantitative estimate of drug-likeness (QED) is 0.362. The molecule has 1 saturated heterocycles. The summed E-state index contributed by atoms with van der Waals surface area (Å²) in [7, 11) is 0. The molecule has 1 saturated carbocycles. The molecule has 2 fully saturated rings. The van der Waals surface area contributed by atoms with Crippen molar-refractivity contribution in [3.8, 4) is 5.75 Å². The Morgan fingerprint density at radius 1 is 1.20 bits per heavy atom. The number of nitrogens with zero attached hydrogens (tertiary/aromatic N) is 2. The molecular formula is C26H40N6O3. The Balaban J connectivity index is 1.53. The molecule has 0 aromatic heterocycles. The van der Waals surface area contributed by atoms with Crippen LogP contribution in [0.15, 0.2) is 18.2 Å². The van der Waals surface area contributed by atoms with Crippen LogP contribution in [0.25, 0.3) is 0 Å². The number of carbonyl (C=O) groups excluding carboxylic acids is 2. The number of primary amides is 1. The summed E-state index contributed by atoms with van der Waals surface area (Å²) in [6.07, 6.45) is 5.78. The molecule has 2 aliphatic heterocycles. The first-order chi connectivity index (χ1) is 16.7. The van der Waals surface area contributed by atoms with E-state index in [1.807, 2.05) is 17.0 Å². The van der Waals surface area contributed by atoms with Crippen LogP contribution in [0.3, 0.4) is 0 Å². The van der Waals surface area contributed by atoms with E-state index in [0.29, 0.717) is 31.4 Å². The zero-order valence-electron chi connectivity index (χ0n) is 21.0. The number of hydrogen-bond acceptors (Lipinski definition) is 5. The number of nitrogens with one attached hydrogen (secondary N) is 2. The molecule has 1 spiro atoms. The second-order valence-electron chi connectivity index (χ2n) is 10.7. The van der Waals surface area contributed by atoms with E-state index in [-0.39, 0.29) is 11.9 Å². The predicted molar refractivity (Wildman–Crippen MR) is 135 cm³/mol. The van der Waals surface area contributed by atoms with E-state index in [1.54, 1.807) is 6.07 Å². The van der Waals surface area contributed by atoms with Gasteiger partial charge in [-0.25, -0.2) is 4.79 Å². The van der Waals surface area contributed by atoms with Crippen LogP contribution < -0.4 is 21.5 Å². The third kappa shape index (κ3) is 5.39. The third-order valence-corrected chi connectivity index (χ3v) is 8.42. The number of benzene rings is 1. The molecule has 0 unspecified atom stereocenters. The summed E-state index contributed by atoms with van der Waals surface area (Å²) in [6.45, 7) is 7.76. The lowest BCUT2D eigenvalue weighted by Gasteiger charge is -2.49. The molecule has 9 nitrogen and oxygen atoms in total. The highest BCUT2D eigenvalue weighted by Gasteiger charge is 2.49. The van der Waals surface area contributed by atoms with Crippen LogP contribution in [0.2, 0.25) is 0 Å². The first-order valence-corrected chi connectivity index (χ1v) is 12.9. The molecule has 192 valence electrons. The molecule has 3 aliphatic rings. The number of rotatable bonds is 6. The van der Waals surface area contributed by atoms with Gasteiger partial charge in [-0.1, -0.05) is 19.9 Å². The van der Waals surface area contributed by atoms with Gasteiger partial charge in [0.15, 0.2) is 5.96 Å². The van der Waals surface area contributed by atoms with Crippen molar-refractivity contribution in [1.29, 1.82) is 5.41 Å². The van der Waals surface area contributed by atoms with E-state index in [2.05, 4.69) is 24.1 Å². The molecule has 1 aliphatic carbocycles. The minimum Gasteiger partial charge on any atom is -0.410 e. The molecule has 0 radical (unpaired) electrons. The van der Waals surface area contributed by atoms with Gasteiger partial charge in [0.05, 0.1) is 5.41 Å². The number of guanidine groups is 1. The number of hydrogen-bond donors (Lipinski definition) is 4. The van der Waals surface area contributed by atoms with Crippen molar-refractivity contribution in [1.82, 2.24) is 15.1 Å². The van der Waals surface area contributed by atoms with E-state index >= 15 is 0 Å². The minimum atomic E-state index is -0.852. The highest BCUT2D eigenvalue weighted by atomic mass is 16.5. The normalized spacial score (nSPS) is 24.3. The summed E-state index contributed by atoms with van der Waals surface area (Å²) in [5, 5.41) is 10.2. The number of piperidine rings is 1. The number of nitrogens with two attached hydrogens (primary N) is 2. The van der Waals surface area contributed by atoms with Gasteiger partial charge >= 0.3 is 6.09 Å². The van der Waals surface area contributed by atoms with Crippen LogP contribution >= 0.6 is 0 Å². The monoisotopic (exact) mass is 484 g/mol. The van der Waals surface area contributed by atoms with Gasteiger partial charge in [0.25, 0.3) is 0 Å². The first kappa shape index (κ1) is 25.3. The van der Waals surface area contributed by atoms with Crippen LogP contribution in [0, 0.1) is 17.2 Å². The summed E-state index contributed by atoms with van der Waals surface area (Å²) < 4.78 is 5.12. The number of fused-ring (bicyclic) bond motifs is 2. The minimum absolute atomic E-state index is 0.109. The van der Waals surface area contributed by atoms with E-state index in [4.69, 9.17) is 21.6 Å². The van der Waals surface area contributed by atoms with Gasteiger partial charge in [0.1, 0.15) is 5.75 Å². The van der Waals surface area contributed by atoms with Crippen LogP contribution in [0.4, 0.5) is 4.79 Å². The van der Waals surface area contributed by atoms with Crippen LogP contribution in [-0.4, -0.2) is 60.0 Å². The van der Waals surface area contributed by atoms with Crippen molar-refractivity contribution < 1.29 is 14.3 Å². The second-order valence-corrected chi connectivity index (χ2v) is 10.7. The Kier molecular flexibility index (Phi) is 7.54. The first-order valence-electron chi connectivity index (χ1n) is 12.9. The van der Waals surface area contributed by atoms with Gasteiger partial charge in [-0.2, -0.15) is 0 Å². The second kappa shape index (κ2) is 10.4. The highest BCUT2D eigenvalue weighted by Crippen LogP contribution is 2.45. The largest absolute Gasteiger partial charge is 0.410 e. The molecule has 35 heavy (non-hydrogen) atoms. The Morgan fingerprint density at radius 3 is 2.49 bits per heavy atom. The average Bonchev–Trinajstić information content (AvgIpc) is 2.82. The van der Waals surface area contributed by atoms with Crippen molar-refractivity contribution in [3.63, 3.8) is 0 Å². The molecule has 0 atom stereocenters. The number of carbonyl (C=O) groups is 2. The summed E-state index contributed by atoms with van der Waals surface area (Å²) in [5.74, 6) is 2.01. The Bertz CT molecular complexity index is 948. The van der Waals surface area contributed by atoms with Crippen LogP contribution in [0.1, 0.15) is 63.5 Å². The highest BCUT2D eigenvalue weighted by molar-refractivity contribution is 5.91. The summed E-state index contributed by atoms with van der Waals surface area (Å²) in [4.78, 5) is 29.6. The number of amides is 2. The lowest BCUT2D eigenvalue weighted by atomic mass is 9.67.